The molecule has 0 fully saturated rings. The van der Waals surface area contributed by atoms with Crippen molar-refractivity contribution in [3.8, 4) is 11.3 Å². The van der Waals surface area contributed by atoms with Crippen LogP contribution in [0.15, 0.2) is 40.4 Å². The molecule has 2 aromatic rings. The number of hydrogen-bond donors (Lipinski definition) is 1. The summed E-state index contributed by atoms with van der Waals surface area (Å²) >= 11 is 0. The molecular formula is C21H24FNO3. The Balaban J connectivity index is 2.30. The van der Waals surface area contributed by atoms with Crippen LogP contribution in [0.25, 0.3) is 11.3 Å². The molecule has 1 aromatic carbocycles. The number of rotatable bonds is 1. The van der Waals surface area contributed by atoms with E-state index >= 15 is 0 Å². The molecule has 1 unspecified atom stereocenters. The maximum Gasteiger partial charge on any atom is 0.195 e. The van der Waals surface area contributed by atoms with Crippen molar-refractivity contribution in [2.75, 3.05) is 0 Å². The van der Waals surface area contributed by atoms with Crippen molar-refractivity contribution in [2.24, 2.45) is 10.8 Å². The minimum Gasteiger partial charge on any atom is -0.377 e. The predicted octanol–water partition coefficient (Wildman–Crippen LogP) is 4.88. The van der Waals surface area contributed by atoms with Crippen LogP contribution in [-0.4, -0.2) is 16.0 Å². The predicted molar refractivity (Wildman–Crippen MR) is 97.1 cm³/mol. The SMILES string of the molecule is CC(C)(C)C1=CC(O)(C(C)(C)C)c2onc(-c3ccc(F)cc3)c2C1=O. The number of ketones is 1. The van der Waals surface area contributed by atoms with E-state index in [9.17, 15) is 14.3 Å². The first-order chi connectivity index (χ1) is 11.9. The van der Waals surface area contributed by atoms with Gasteiger partial charge in [-0.05, 0) is 35.8 Å². The summed E-state index contributed by atoms with van der Waals surface area (Å²) in [5.41, 5.74) is -0.928. The maximum absolute atomic E-state index is 13.3. The zero-order valence-corrected chi connectivity index (χ0v) is 16.0. The second-order valence-corrected chi connectivity index (χ2v) is 8.90. The first-order valence-electron chi connectivity index (χ1n) is 8.63. The van der Waals surface area contributed by atoms with Crippen molar-refractivity contribution in [1.82, 2.24) is 5.16 Å². The van der Waals surface area contributed by atoms with E-state index in [-0.39, 0.29) is 22.9 Å². The van der Waals surface area contributed by atoms with E-state index in [0.717, 1.165) is 0 Å². The molecule has 0 spiro atoms. The van der Waals surface area contributed by atoms with E-state index in [4.69, 9.17) is 4.52 Å². The Labute approximate surface area is 152 Å². The van der Waals surface area contributed by atoms with Gasteiger partial charge >= 0.3 is 0 Å². The van der Waals surface area contributed by atoms with Crippen LogP contribution in [0.2, 0.25) is 0 Å². The Kier molecular flexibility index (Phi) is 4.00. The molecule has 5 heteroatoms. The Bertz CT molecular complexity index is 895. The zero-order valence-electron chi connectivity index (χ0n) is 16.0. The first-order valence-corrected chi connectivity index (χ1v) is 8.63. The minimum absolute atomic E-state index is 0.141. The summed E-state index contributed by atoms with van der Waals surface area (Å²) in [6.07, 6.45) is 1.61. The van der Waals surface area contributed by atoms with Gasteiger partial charge in [-0.15, -0.1) is 0 Å². The smallest absolute Gasteiger partial charge is 0.195 e. The first kappa shape index (κ1) is 18.5. The summed E-state index contributed by atoms with van der Waals surface area (Å²) in [6.45, 7) is 11.4. The highest BCUT2D eigenvalue weighted by molar-refractivity contribution is 6.15. The number of carbonyl (C=O) groups excluding carboxylic acids is 1. The summed E-state index contributed by atoms with van der Waals surface area (Å²) in [6, 6.07) is 5.71. The molecule has 26 heavy (non-hydrogen) atoms. The molecule has 0 saturated heterocycles. The number of allylic oxidation sites excluding steroid dienone is 1. The van der Waals surface area contributed by atoms with E-state index in [1.807, 2.05) is 41.5 Å². The van der Waals surface area contributed by atoms with Gasteiger partial charge in [0, 0.05) is 16.6 Å². The third kappa shape index (κ3) is 2.71. The van der Waals surface area contributed by atoms with E-state index in [1.165, 1.54) is 12.1 Å². The molecule has 1 N–H and O–H groups in total. The summed E-state index contributed by atoms with van der Waals surface area (Å²) in [4.78, 5) is 13.2. The van der Waals surface area contributed by atoms with E-state index in [1.54, 1.807) is 18.2 Å². The second-order valence-electron chi connectivity index (χ2n) is 8.90. The largest absolute Gasteiger partial charge is 0.377 e. The number of aliphatic hydroxyl groups is 1. The van der Waals surface area contributed by atoms with E-state index < -0.39 is 16.4 Å². The lowest BCUT2D eigenvalue weighted by molar-refractivity contribution is -0.0430. The third-order valence-corrected chi connectivity index (χ3v) is 4.93. The zero-order chi connectivity index (χ0) is 19.5. The van der Waals surface area contributed by atoms with Crippen molar-refractivity contribution in [1.29, 1.82) is 0 Å². The molecule has 3 rings (SSSR count). The van der Waals surface area contributed by atoms with Crippen molar-refractivity contribution in [2.45, 2.75) is 47.1 Å². The fourth-order valence-electron chi connectivity index (χ4n) is 3.15. The van der Waals surface area contributed by atoms with Gasteiger partial charge in [-0.25, -0.2) is 4.39 Å². The molecule has 1 aromatic heterocycles. The third-order valence-electron chi connectivity index (χ3n) is 4.93. The molecule has 1 aliphatic rings. The van der Waals surface area contributed by atoms with Gasteiger partial charge in [-0.1, -0.05) is 46.7 Å². The molecular weight excluding hydrogens is 333 g/mol. The Hall–Kier alpha value is -2.27. The number of carbonyl (C=O) groups is 1. The van der Waals surface area contributed by atoms with Crippen LogP contribution in [0, 0.1) is 16.6 Å². The topological polar surface area (TPSA) is 63.3 Å². The monoisotopic (exact) mass is 357 g/mol. The van der Waals surface area contributed by atoms with Crippen LogP contribution in [0.1, 0.15) is 57.7 Å². The van der Waals surface area contributed by atoms with Gasteiger partial charge in [0.25, 0.3) is 0 Å². The Morgan fingerprint density at radius 2 is 1.65 bits per heavy atom. The molecule has 0 radical (unpaired) electrons. The molecule has 0 aliphatic heterocycles. The minimum atomic E-state index is -1.48. The number of benzene rings is 1. The summed E-state index contributed by atoms with van der Waals surface area (Å²) in [5, 5.41) is 15.6. The molecule has 4 nitrogen and oxygen atoms in total. The van der Waals surface area contributed by atoms with Gasteiger partial charge in [0.2, 0.25) is 0 Å². The summed E-state index contributed by atoms with van der Waals surface area (Å²) in [7, 11) is 0. The number of fused-ring (bicyclic) bond motifs is 1. The fraction of sp³-hybridized carbons (Fsp3) is 0.429. The fourth-order valence-corrected chi connectivity index (χ4v) is 3.15. The highest BCUT2D eigenvalue weighted by Crippen LogP contribution is 2.50. The van der Waals surface area contributed by atoms with E-state index in [2.05, 4.69) is 5.16 Å². The van der Waals surface area contributed by atoms with Gasteiger partial charge < -0.3 is 9.63 Å². The highest BCUT2D eigenvalue weighted by atomic mass is 19.1. The van der Waals surface area contributed by atoms with Gasteiger partial charge in [-0.3, -0.25) is 4.79 Å². The van der Waals surface area contributed by atoms with E-state index in [0.29, 0.717) is 16.8 Å². The normalized spacial score (nSPS) is 20.8. The average molecular weight is 357 g/mol. The molecule has 0 bridgehead atoms. The number of aromatic nitrogens is 1. The number of nitrogens with zero attached hydrogens (tertiary/aromatic N) is 1. The lowest BCUT2D eigenvalue weighted by Crippen LogP contribution is -2.43. The van der Waals surface area contributed by atoms with Crippen LogP contribution in [0.4, 0.5) is 4.39 Å². The lowest BCUT2D eigenvalue weighted by atomic mass is 9.66. The van der Waals surface area contributed by atoms with Crippen molar-refractivity contribution < 1.29 is 18.8 Å². The van der Waals surface area contributed by atoms with Gasteiger partial charge in [0.1, 0.15) is 17.1 Å². The molecule has 138 valence electrons. The number of hydrogen-bond acceptors (Lipinski definition) is 4. The average Bonchev–Trinajstić information content (AvgIpc) is 2.95. The van der Waals surface area contributed by atoms with Crippen LogP contribution in [0.5, 0.6) is 0 Å². The maximum atomic E-state index is 13.3. The molecule has 1 aliphatic carbocycles. The molecule has 1 heterocycles. The number of halogens is 1. The molecule has 1 atom stereocenters. The Morgan fingerprint density at radius 1 is 1.08 bits per heavy atom. The number of Topliss-reactive ketones (excluding diaryl/α,β-unsaturated/α-hetero) is 1. The second kappa shape index (κ2) is 5.61. The van der Waals surface area contributed by atoms with Crippen molar-refractivity contribution in [3.05, 3.63) is 53.1 Å². The van der Waals surface area contributed by atoms with Crippen LogP contribution in [-0.2, 0) is 5.60 Å². The van der Waals surface area contributed by atoms with Crippen LogP contribution in [0.3, 0.4) is 0 Å². The Morgan fingerprint density at radius 3 is 2.15 bits per heavy atom. The molecule has 0 amide bonds. The van der Waals surface area contributed by atoms with Gasteiger partial charge in [0.05, 0.1) is 5.56 Å². The van der Waals surface area contributed by atoms with Crippen LogP contribution < -0.4 is 0 Å². The standard InChI is InChI=1S/C21H24FNO3/c1-19(2,3)14-11-21(25,20(4,5)6)18-15(17(14)24)16(23-26-18)12-7-9-13(22)10-8-12/h7-11,25H,1-6H3. The summed E-state index contributed by atoms with van der Waals surface area (Å²) in [5.74, 6) is -0.455. The van der Waals surface area contributed by atoms with Gasteiger partial charge in [0.15, 0.2) is 11.5 Å². The van der Waals surface area contributed by atoms with Crippen molar-refractivity contribution in [3.63, 3.8) is 0 Å². The van der Waals surface area contributed by atoms with Crippen molar-refractivity contribution >= 4 is 5.78 Å². The highest BCUT2D eigenvalue weighted by Gasteiger charge is 2.52. The summed E-state index contributed by atoms with van der Waals surface area (Å²) < 4.78 is 18.8. The molecule has 0 saturated carbocycles. The quantitative estimate of drug-likeness (QED) is 0.790. The van der Waals surface area contributed by atoms with Crippen LogP contribution >= 0.6 is 0 Å². The lowest BCUT2D eigenvalue weighted by Gasteiger charge is -2.40. The van der Waals surface area contributed by atoms with Gasteiger partial charge in [-0.2, -0.15) is 0 Å².